The molecule has 0 saturated heterocycles. The molecule has 9 aromatic carbocycles. The van der Waals surface area contributed by atoms with Gasteiger partial charge in [0.15, 0.2) is 0 Å². The lowest BCUT2D eigenvalue weighted by Crippen LogP contribution is -2.59. The highest BCUT2D eigenvalue weighted by molar-refractivity contribution is 6.57. The summed E-state index contributed by atoms with van der Waals surface area (Å²) in [5, 5.41) is 16.4. The molecule has 2 aromatic heterocycles. The van der Waals surface area contributed by atoms with E-state index >= 15 is 17.6 Å². The van der Waals surface area contributed by atoms with E-state index in [2.05, 4.69) is 50.3 Å². The first-order valence-corrected chi connectivity index (χ1v) is 24.9. The van der Waals surface area contributed by atoms with E-state index in [1.54, 1.807) is 0 Å². The standard InChI is InChI=1S/C57H20F18N4/c58-50(59,52(62,63)54(66,67)56(70,71)72)13-9-76-47(77-10-13)49(48-78-11-14(12-79-48)51(60,61)53(64,65)55(68,69)57(73,74)75)45-31-21-7-5-19-17-3-1-15-16-2-4-18-20-6-8-22-30-28(20)35-26(18)24(16)33-23(15)25(17)34-27(19)29(21)36-38(31)39(32(22)46(45)49)37(30)44-42(35)40(33)41(34)43(36)44/h1-12,15,17,19,23,25,27,45-46H. The van der Waals surface area contributed by atoms with Crippen molar-refractivity contribution in [3.63, 3.8) is 0 Å². The molecule has 8 unspecified atom stereocenters. The van der Waals surface area contributed by atoms with Crippen LogP contribution in [0.4, 0.5) is 79.0 Å². The monoisotopic (exact) mass is 1100 g/mol. The molecule has 4 nitrogen and oxygen atoms in total. The molecule has 0 N–H and O–H groups in total. The van der Waals surface area contributed by atoms with Crippen molar-refractivity contribution in [3.05, 3.63) is 129 Å². The normalized spacial score (nSPS) is 26.3. The first kappa shape index (κ1) is 44.6. The molecule has 394 valence electrons. The van der Waals surface area contributed by atoms with Crippen molar-refractivity contribution in [3.8, 4) is 0 Å². The Morgan fingerprint density at radius 3 is 1.47 bits per heavy atom. The fourth-order valence-electron chi connectivity index (χ4n) is 17.7. The van der Waals surface area contributed by atoms with Crippen molar-refractivity contribution in [2.45, 2.75) is 82.9 Å². The van der Waals surface area contributed by atoms with Gasteiger partial charge in [0.2, 0.25) is 0 Å². The number of hydrogen-bond acceptors (Lipinski definition) is 4. The molecule has 0 bridgehead atoms. The molecule has 2 fully saturated rings. The summed E-state index contributed by atoms with van der Waals surface area (Å²) in [4.78, 5) is 15.9. The maximum atomic E-state index is 15.7. The van der Waals surface area contributed by atoms with Crippen LogP contribution in [0, 0.1) is 17.8 Å². The van der Waals surface area contributed by atoms with Gasteiger partial charge in [-0.2, -0.15) is 79.0 Å². The summed E-state index contributed by atoms with van der Waals surface area (Å²) in [7, 11) is 0. The van der Waals surface area contributed by atoms with Crippen LogP contribution in [0.15, 0.2) is 67.3 Å². The van der Waals surface area contributed by atoms with Crippen LogP contribution in [-0.4, -0.2) is 56.0 Å². The Bertz CT molecular complexity index is 4790. The van der Waals surface area contributed by atoms with Crippen molar-refractivity contribution < 1.29 is 79.0 Å². The Kier molecular flexibility index (Phi) is 6.66. The number of alkyl halides is 18. The van der Waals surface area contributed by atoms with Gasteiger partial charge in [-0.15, -0.1) is 0 Å². The molecule has 22 heteroatoms. The second-order valence-electron chi connectivity index (χ2n) is 22.9. The smallest absolute Gasteiger partial charge is 0.240 e. The quantitative estimate of drug-likeness (QED) is 0.0864. The summed E-state index contributed by atoms with van der Waals surface area (Å²) in [6, 6.07) is 8.20. The maximum absolute atomic E-state index is 15.7. The Morgan fingerprint density at radius 2 is 0.873 bits per heavy atom. The highest BCUT2D eigenvalue weighted by Gasteiger charge is 2.84. The molecule has 8 aliphatic carbocycles. The van der Waals surface area contributed by atoms with Gasteiger partial charge in [-0.25, -0.2) is 19.9 Å². The summed E-state index contributed by atoms with van der Waals surface area (Å²) in [6.45, 7) is 0. The van der Waals surface area contributed by atoms with E-state index in [1.807, 2.05) is 18.2 Å². The Hall–Kier alpha value is -7.26. The molecule has 0 spiro atoms. The molecule has 2 heterocycles. The van der Waals surface area contributed by atoms with Gasteiger partial charge in [0.25, 0.3) is 0 Å². The average Bonchev–Trinajstić information content (AvgIpc) is 1.47. The molecule has 0 aliphatic heterocycles. The number of aromatic nitrogens is 4. The zero-order valence-corrected chi connectivity index (χ0v) is 38.6. The molecular formula is C57H20F18N4. The van der Waals surface area contributed by atoms with Crippen molar-refractivity contribution in [2.24, 2.45) is 17.8 Å². The van der Waals surface area contributed by atoms with Gasteiger partial charge in [0.05, 0.1) is 11.1 Å². The van der Waals surface area contributed by atoms with Crippen molar-refractivity contribution >= 4 is 97.8 Å². The molecular weight excluding hydrogens is 1080 g/mol. The lowest BCUT2D eigenvalue weighted by molar-refractivity contribution is -0.399. The van der Waals surface area contributed by atoms with Gasteiger partial charge in [0.1, 0.15) is 17.1 Å². The summed E-state index contributed by atoms with van der Waals surface area (Å²) < 4.78 is 260. The minimum Gasteiger partial charge on any atom is -0.240 e. The molecule has 0 radical (unpaired) electrons. The largest absolute Gasteiger partial charge is 0.460 e. The number of halogens is 18. The average molecular weight is 1100 g/mol. The number of hydrogen-bond donors (Lipinski definition) is 0. The van der Waals surface area contributed by atoms with Crippen LogP contribution in [0.5, 0.6) is 0 Å². The van der Waals surface area contributed by atoms with E-state index in [9.17, 15) is 61.5 Å². The fourth-order valence-corrected chi connectivity index (χ4v) is 17.7. The topological polar surface area (TPSA) is 51.6 Å². The Morgan fingerprint density at radius 1 is 0.392 bits per heavy atom. The molecule has 19 rings (SSSR count). The van der Waals surface area contributed by atoms with Crippen LogP contribution in [0.1, 0.15) is 85.7 Å². The van der Waals surface area contributed by atoms with E-state index < -0.39 is 87.9 Å². The van der Waals surface area contributed by atoms with Crippen LogP contribution in [0.3, 0.4) is 0 Å². The third kappa shape index (κ3) is 3.90. The summed E-state index contributed by atoms with van der Waals surface area (Å²) in [6.07, 6.45) is -6.08. The third-order valence-corrected chi connectivity index (χ3v) is 20.4. The first-order valence-electron chi connectivity index (χ1n) is 24.9. The summed E-state index contributed by atoms with van der Waals surface area (Å²) in [5.41, 5.74) is -0.0786. The number of allylic oxidation sites excluding steroid dienone is 3. The summed E-state index contributed by atoms with van der Waals surface area (Å²) in [5.74, 6) is -45.3. The second-order valence-corrected chi connectivity index (χ2v) is 22.9. The van der Waals surface area contributed by atoms with Crippen molar-refractivity contribution in [1.82, 2.24) is 19.9 Å². The molecule has 0 amide bonds. The van der Waals surface area contributed by atoms with Crippen LogP contribution in [0.2, 0.25) is 0 Å². The molecule has 8 atom stereocenters. The van der Waals surface area contributed by atoms with Crippen molar-refractivity contribution in [1.29, 1.82) is 0 Å². The number of fused-ring (bicyclic) bond motifs is 8. The minimum absolute atomic E-state index is 0.0518. The maximum Gasteiger partial charge on any atom is 0.460 e. The van der Waals surface area contributed by atoms with Crippen molar-refractivity contribution in [2.75, 3.05) is 0 Å². The molecule has 8 aliphatic rings. The lowest BCUT2D eigenvalue weighted by Gasteiger charge is -2.37. The van der Waals surface area contributed by atoms with Gasteiger partial charge in [-0.1, -0.05) is 48.6 Å². The second kappa shape index (κ2) is 11.8. The highest BCUT2D eigenvalue weighted by atomic mass is 19.4. The van der Waals surface area contributed by atoms with Gasteiger partial charge in [-0.05, 0) is 148 Å². The van der Waals surface area contributed by atoms with Gasteiger partial charge in [-0.3, -0.25) is 0 Å². The van der Waals surface area contributed by atoms with Crippen LogP contribution < -0.4 is 5.22 Å². The highest BCUT2D eigenvalue weighted by Crippen LogP contribution is 2.82. The van der Waals surface area contributed by atoms with Gasteiger partial charge >= 0.3 is 47.9 Å². The van der Waals surface area contributed by atoms with E-state index in [0.717, 1.165) is 70.2 Å². The SMILES string of the molecule is FC(F)(F)C(F)(F)C(F)(F)C(F)(F)c1cnc(C2(c3ncc(C(F)(F)C(F)(F)C(F)(F)C(F)(F)F)cn3)C3c4c5c6c7c4c4c(c8ccc9c%10ccc%11c%12c%13c%14c(c7c7c%14c(c%12%10)c9c8c47)=C4C6C(C=C5)C5C=CC%11C%13C45)C32)nc1. The molecule has 2 saturated carbocycles. The van der Waals surface area contributed by atoms with Crippen LogP contribution in [-0.2, 0) is 17.3 Å². The summed E-state index contributed by atoms with van der Waals surface area (Å²) >= 11 is 0. The predicted octanol–water partition coefficient (Wildman–Crippen LogP) is 15.3. The van der Waals surface area contributed by atoms with Gasteiger partial charge < -0.3 is 0 Å². The van der Waals surface area contributed by atoms with Crippen LogP contribution >= 0.6 is 0 Å². The number of rotatable bonds is 8. The zero-order valence-electron chi connectivity index (χ0n) is 38.6. The van der Waals surface area contributed by atoms with E-state index in [1.165, 1.54) is 32.7 Å². The molecule has 79 heavy (non-hydrogen) atoms. The number of nitrogens with zero attached hydrogens (tertiary/aromatic N) is 4. The van der Waals surface area contributed by atoms with E-state index in [4.69, 9.17) is 0 Å². The fraction of sp³-hybridized carbons (Fsp3) is 0.298. The Labute approximate surface area is 425 Å². The Balaban J connectivity index is 0.927. The molecule has 11 aromatic rings. The van der Waals surface area contributed by atoms with Crippen LogP contribution in [0.25, 0.3) is 97.8 Å². The predicted molar refractivity (Wildman–Crippen MR) is 248 cm³/mol. The minimum atomic E-state index is -7.31. The third-order valence-electron chi connectivity index (χ3n) is 20.4. The number of benzene rings is 5. The van der Waals surface area contributed by atoms with Gasteiger partial charge in [0, 0.05) is 54.4 Å². The first-order chi connectivity index (χ1) is 37.1. The van der Waals surface area contributed by atoms with E-state index in [0.29, 0.717) is 27.5 Å². The van der Waals surface area contributed by atoms with E-state index in [-0.39, 0.29) is 60.3 Å². The zero-order chi connectivity index (χ0) is 54.6. The lowest BCUT2D eigenvalue weighted by atomic mass is 9.65.